The topological polar surface area (TPSA) is 62.0 Å². The summed E-state index contributed by atoms with van der Waals surface area (Å²) in [5, 5.41) is 6.85. The van der Waals surface area contributed by atoms with Crippen LogP contribution in [0.1, 0.15) is 34.2 Å². The van der Waals surface area contributed by atoms with Crippen molar-refractivity contribution < 1.29 is 9.15 Å². The molecule has 0 aliphatic carbocycles. The van der Waals surface area contributed by atoms with Gasteiger partial charge in [-0.1, -0.05) is 0 Å². The monoisotopic (exact) mass is 390 g/mol. The van der Waals surface area contributed by atoms with Gasteiger partial charge >= 0.3 is 0 Å². The summed E-state index contributed by atoms with van der Waals surface area (Å²) in [4.78, 5) is 9.75. The highest BCUT2D eigenvalue weighted by Crippen LogP contribution is 2.23. The number of aliphatic imine (C=N–C) groups is 1. The number of hydrogen-bond donors (Lipinski definition) is 2. The smallest absolute Gasteiger partial charge is 0.191 e. The maximum atomic E-state index is 5.94. The molecule has 1 saturated heterocycles. The SMILES string of the molecule is CCNC(=NCc1ccc(C)s1)NCC(c1ccc(C)o1)N1CCOCC1. The Hall–Kier alpha value is -1.83. The first kappa shape index (κ1) is 19.9. The van der Waals surface area contributed by atoms with Crippen molar-refractivity contribution in [1.29, 1.82) is 0 Å². The maximum Gasteiger partial charge on any atom is 0.191 e. The summed E-state index contributed by atoms with van der Waals surface area (Å²) in [6, 6.07) is 8.56. The highest BCUT2D eigenvalue weighted by molar-refractivity contribution is 7.11. The molecule has 6 nitrogen and oxygen atoms in total. The van der Waals surface area contributed by atoms with Gasteiger partial charge in [-0.2, -0.15) is 0 Å². The largest absolute Gasteiger partial charge is 0.465 e. The highest BCUT2D eigenvalue weighted by Gasteiger charge is 2.25. The van der Waals surface area contributed by atoms with Crippen LogP contribution in [-0.2, 0) is 11.3 Å². The number of aryl methyl sites for hydroxylation is 2. The molecular weight excluding hydrogens is 360 g/mol. The van der Waals surface area contributed by atoms with Gasteiger partial charge in [-0.05, 0) is 45.0 Å². The van der Waals surface area contributed by atoms with Gasteiger partial charge in [-0.15, -0.1) is 11.3 Å². The van der Waals surface area contributed by atoms with Crippen LogP contribution in [0.15, 0.2) is 33.7 Å². The van der Waals surface area contributed by atoms with Gasteiger partial charge in [0.25, 0.3) is 0 Å². The molecule has 0 amide bonds. The van der Waals surface area contributed by atoms with Crippen molar-refractivity contribution in [2.24, 2.45) is 4.99 Å². The van der Waals surface area contributed by atoms with Crippen molar-refractivity contribution in [3.05, 3.63) is 45.5 Å². The van der Waals surface area contributed by atoms with E-state index in [9.17, 15) is 0 Å². The second kappa shape index (κ2) is 9.92. The summed E-state index contributed by atoms with van der Waals surface area (Å²) in [6.07, 6.45) is 0. The first-order chi connectivity index (χ1) is 13.2. The lowest BCUT2D eigenvalue weighted by Gasteiger charge is -2.33. The zero-order valence-corrected chi connectivity index (χ0v) is 17.3. The third-order valence-electron chi connectivity index (χ3n) is 4.57. The Balaban J connectivity index is 1.67. The quantitative estimate of drug-likeness (QED) is 0.562. The van der Waals surface area contributed by atoms with Crippen LogP contribution in [0.2, 0.25) is 0 Å². The fourth-order valence-corrected chi connectivity index (χ4v) is 4.01. The van der Waals surface area contributed by atoms with E-state index >= 15 is 0 Å². The molecule has 3 heterocycles. The molecule has 2 N–H and O–H groups in total. The number of nitrogens with one attached hydrogen (secondary N) is 2. The summed E-state index contributed by atoms with van der Waals surface area (Å²) >= 11 is 1.79. The summed E-state index contributed by atoms with van der Waals surface area (Å²) < 4.78 is 11.5. The van der Waals surface area contributed by atoms with Gasteiger partial charge in [0.05, 0.1) is 25.8 Å². The fraction of sp³-hybridized carbons (Fsp3) is 0.550. The minimum absolute atomic E-state index is 0.162. The van der Waals surface area contributed by atoms with Crippen molar-refractivity contribution in [3.8, 4) is 0 Å². The number of morpholine rings is 1. The minimum Gasteiger partial charge on any atom is -0.465 e. The van der Waals surface area contributed by atoms with E-state index in [1.807, 2.05) is 13.0 Å². The van der Waals surface area contributed by atoms with Gasteiger partial charge in [0.2, 0.25) is 0 Å². The summed E-state index contributed by atoms with van der Waals surface area (Å²) in [7, 11) is 0. The fourth-order valence-electron chi connectivity index (χ4n) is 3.19. The van der Waals surface area contributed by atoms with Crippen LogP contribution in [0.4, 0.5) is 0 Å². The zero-order chi connectivity index (χ0) is 19.1. The first-order valence-electron chi connectivity index (χ1n) is 9.61. The molecular formula is C20H30N4O2S. The van der Waals surface area contributed by atoms with Crippen LogP contribution in [0.3, 0.4) is 0 Å². The average Bonchev–Trinajstić information content (AvgIpc) is 3.29. The van der Waals surface area contributed by atoms with Gasteiger partial charge < -0.3 is 19.8 Å². The van der Waals surface area contributed by atoms with Crippen LogP contribution < -0.4 is 10.6 Å². The predicted molar refractivity (Wildman–Crippen MR) is 110 cm³/mol. The molecule has 1 aliphatic rings. The van der Waals surface area contributed by atoms with Gasteiger partial charge in [-0.25, -0.2) is 4.99 Å². The Morgan fingerprint density at radius 2 is 2.00 bits per heavy atom. The Kier molecular flexibility index (Phi) is 7.32. The zero-order valence-electron chi connectivity index (χ0n) is 16.5. The van der Waals surface area contributed by atoms with Gasteiger partial charge in [-0.3, -0.25) is 4.90 Å². The second-order valence-electron chi connectivity index (χ2n) is 6.70. The first-order valence-corrected chi connectivity index (χ1v) is 10.4. The molecule has 3 rings (SSSR count). The lowest BCUT2D eigenvalue weighted by Crippen LogP contribution is -2.46. The third kappa shape index (κ3) is 5.82. The molecule has 2 aromatic heterocycles. The number of hydrogen-bond acceptors (Lipinski definition) is 5. The normalized spacial score (nSPS) is 17.1. The Bertz CT molecular complexity index is 734. The number of nitrogens with zero attached hydrogens (tertiary/aromatic N) is 2. The summed E-state index contributed by atoms with van der Waals surface area (Å²) in [5.41, 5.74) is 0. The van der Waals surface area contributed by atoms with Crippen LogP contribution >= 0.6 is 11.3 Å². The van der Waals surface area contributed by atoms with Crippen molar-refractivity contribution in [3.63, 3.8) is 0 Å². The highest BCUT2D eigenvalue weighted by atomic mass is 32.1. The molecule has 0 aromatic carbocycles. The molecule has 148 valence electrons. The van der Waals surface area contributed by atoms with Crippen molar-refractivity contribution in [2.45, 2.75) is 33.4 Å². The standard InChI is InChI=1S/C20H30N4O2S/c1-4-21-20(22-13-17-7-6-16(3)27-17)23-14-18(19-8-5-15(2)26-19)24-9-11-25-12-10-24/h5-8,18H,4,9-14H2,1-3H3,(H2,21,22,23). The summed E-state index contributed by atoms with van der Waals surface area (Å²) in [5.74, 6) is 2.77. The van der Waals surface area contributed by atoms with E-state index < -0.39 is 0 Å². The Labute approximate surface area is 165 Å². The predicted octanol–water partition coefficient (Wildman–Crippen LogP) is 3.09. The van der Waals surface area contributed by atoms with Gasteiger partial charge in [0, 0.05) is 35.9 Å². The van der Waals surface area contributed by atoms with Crippen LogP contribution in [0.5, 0.6) is 0 Å². The molecule has 27 heavy (non-hydrogen) atoms. The van der Waals surface area contributed by atoms with Gasteiger partial charge in [0.1, 0.15) is 11.5 Å². The third-order valence-corrected chi connectivity index (χ3v) is 5.56. The van der Waals surface area contributed by atoms with Crippen molar-refractivity contribution in [1.82, 2.24) is 15.5 Å². The van der Waals surface area contributed by atoms with E-state index in [1.165, 1.54) is 9.75 Å². The van der Waals surface area contributed by atoms with Crippen LogP contribution in [0.25, 0.3) is 0 Å². The van der Waals surface area contributed by atoms with Crippen molar-refractivity contribution in [2.75, 3.05) is 39.4 Å². The molecule has 1 atom stereocenters. The summed E-state index contributed by atoms with van der Waals surface area (Å²) in [6.45, 7) is 11.8. The molecule has 0 bridgehead atoms. The number of ether oxygens (including phenoxy) is 1. The molecule has 1 aliphatic heterocycles. The molecule has 0 radical (unpaired) electrons. The average molecular weight is 391 g/mol. The molecule has 1 fully saturated rings. The van der Waals surface area contributed by atoms with E-state index in [1.54, 1.807) is 11.3 Å². The van der Waals surface area contributed by atoms with Crippen molar-refractivity contribution >= 4 is 17.3 Å². The Morgan fingerprint density at radius 1 is 1.19 bits per heavy atom. The molecule has 2 aromatic rings. The number of furan rings is 1. The van der Waals surface area contributed by atoms with E-state index in [2.05, 4.69) is 47.6 Å². The molecule has 1 unspecified atom stereocenters. The Morgan fingerprint density at radius 3 is 2.63 bits per heavy atom. The van der Waals surface area contributed by atoms with Crippen LogP contribution in [0, 0.1) is 13.8 Å². The van der Waals surface area contributed by atoms with E-state index in [4.69, 9.17) is 14.1 Å². The minimum atomic E-state index is 0.162. The second-order valence-corrected chi connectivity index (χ2v) is 8.07. The molecule has 0 spiro atoms. The van der Waals surface area contributed by atoms with E-state index in [-0.39, 0.29) is 6.04 Å². The maximum absolute atomic E-state index is 5.94. The molecule has 7 heteroatoms. The van der Waals surface area contributed by atoms with E-state index in [0.717, 1.165) is 56.9 Å². The number of rotatable bonds is 7. The van der Waals surface area contributed by atoms with E-state index in [0.29, 0.717) is 6.54 Å². The number of guanidine groups is 1. The van der Waals surface area contributed by atoms with Crippen LogP contribution in [-0.4, -0.2) is 50.3 Å². The number of thiophene rings is 1. The molecule has 0 saturated carbocycles. The lowest BCUT2D eigenvalue weighted by molar-refractivity contribution is 0.0124. The lowest BCUT2D eigenvalue weighted by atomic mass is 10.1. The van der Waals surface area contributed by atoms with Gasteiger partial charge in [0.15, 0.2) is 5.96 Å².